The number of hydrogen-bond donors (Lipinski definition) is 1. The van der Waals surface area contributed by atoms with Gasteiger partial charge >= 0.3 is 5.69 Å². The van der Waals surface area contributed by atoms with Gasteiger partial charge in [0.25, 0.3) is 0 Å². The van der Waals surface area contributed by atoms with Crippen molar-refractivity contribution in [3.63, 3.8) is 0 Å². The monoisotopic (exact) mass is 421 g/mol. The minimum atomic E-state index is -0.478. The molecule has 1 amide bonds. The first-order valence-electron chi connectivity index (χ1n) is 9.27. The molecule has 1 N–H and O–H groups in total. The van der Waals surface area contributed by atoms with Crippen LogP contribution in [-0.2, 0) is 11.3 Å². The number of benzene rings is 2. The smallest absolute Gasteiger partial charge is 0.312 e. The van der Waals surface area contributed by atoms with Gasteiger partial charge in [-0.25, -0.2) is 4.98 Å². The number of nitrogens with zero attached hydrogens (tertiary/aromatic N) is 4. The lowest BCUT2D eigenvalue weighted by Gasteiger charge is -2.07. The Morgan fingerprint density at radius 2 is 1.90 bits per heavy atom. The van der Waals surface area contributed by atoms with Crippen LogP contribution < -0.4 is 5.32 Å². The molecule has 2 aromatic carbocycles. The lowest BCUT2D eigenvalue weighted by Crippen LogP contribution is -2.20. The van der Waals surface area contributed by atoms with Crippen LogP contribution in [0.25, 0.3) is 20.8 Å². The number of thiazole rings is 1. The van der Waals surface area contributed by atoms with Gasteiger partial charge in [0, 0.05) is 11.3 Å². The van der Waals surface area contributed by atoms with E-state index in [0.29, 0.717) is 17.1 Å². The van der Waals surface area contributed by atoms with Gasteiger partial charge in [0.15, 0.2) is 0 Å². The van der Waals surface area contributed by atoms with Crippen molar-refractivity contribution in [2.75, 3.05) is 5.32 Å². The maximum Gasteiger partial charge on any atom is 0.312 e. The van der Waals surface area contributed by atoms with Crippen molar-refractivity contribution in [1.29, 1.82) is 0 Å². The van der Waals surface area contributed by atoms with Crippen LogP contribution in [0.3, 0.4) is 0 Å². The van der Waals surface area contributed by atoms with Crippen molar-refractivity contribution in [1.82, 2.24) is 14.8 Å². The van der Waals surface area contributed by atoms with E-state index in [1.807, 2.05) is 36.4 Å². The number of hydrogen-bond acceptors (Lipinski definition) is 6. The van der Waals surface area contributed by atoms with Crippen LogP contribution in [0.2, 0.25) is 0 Å². The molecule has 0 spiro atoms. The number of aryl methyl sites for hydroxylation is 2. The topological polar surface area (TPSA) is 103 Å². The Balaban J connectivity index is 1.47. The normalized spacial score (nSPS) is 11.0. The van der Waals surface area contributed by atoms with Crippen LogP contribution in [0.15, 0.2) is 42.5 Å². The van der Waals surface area contributed by atoms with Gasteiger partial charge in [0.1, 0.15) is 22.9 Å². The number of carbonyl (C=O) groups is 1. The van der Waals surface area contributed by atoms with Gasteiger partial charge in [-0.1, -0.05) is 6.07 Å². The molecule has 0 radical (unpaired) electrons. The van der Waals surface area contributed by atoms with Gasteiger partial charge in [0.05, 0.1) is 15.1 Å². The van der Waals surface area contributed by atoms with Crippen LogP contribution in [-0.4, -0.2) is 25.6 Å². The third-order valence-corrected chi connectivity index (χ3v) is 5.85. The molecule has 0 aliphatic heterocycles. The fourth-order valence-corrected chi connectivity index (χ4v) is 4.36. The molecule has 8 nitrogen and oxygen atoms in total. The lowest BCUT2D eigenvalue weighted by atomic mass is 10.2. The Bertz CT molecular complexity index is 1270. The number of nitro groups is 1. The van der Waals surface area contributed by atoms with Gasteiger partial charge in [-0.15, -0.1) is 11.3 Å². The summed E-state index contributed by atoms with van der Waals surface area (Å²) in [5.74, 6) is -0.307. The quantitative estimate of drug-likeness (QED) is 0.374. The number of rotatable bonds is 5. The van der Waals surface area contributed by atoms with E-state index in [1.54, 1.807) is 25.2 Å². The van der Waals surface area contributed by atoms with Crippen LogP contribution in [0, 0.1) is 30.9 Å². The predicted molar refractivity (Wildman–Crippen MR) is 117 cm³/mol. The minimum Gasteiger partial charge on any atom is -0.324 e. The molecule has 0 atom stereocenters. The highest BCUT2D eigenvalue weighted by Crippen LogP contribution is 2.31. The summed E-state index contributed by atoms with van der Waals surface area (Å²) in [6.07, 6.45) is 0. The number of nitrogens with one attached hydrogen (secondary N) is 1. The van der Waals surface area contributed by atoms with Crippen LogP contribution >= 0.6 is 11.3 Å². The standard InChI is InChI=1S/C21H19N5O3S/c1-12-4-9-17-18(10-12)30-21(23-17)15-5-7-16(8-6-15)22-19(27)11-25-14(3)20(26(28)29)13(2)24-25/h4-10H,11H2,1-3H3,(H,22,27). The number of anilines is 1. The molecule has 0 unspecified atom stereocenters. The molecule has 0 aliphatic carbocycles. The van der Waals surface area contributed by atoms with Gasteiger partial charge in [0.2, 0.25) is 5.91 Å². The maximum absolute atomic E-state index is 12.4. The van der Waals surface area contributed by atoms with E-state index in [2.05, 4.69) is 28.4 Å². The Labute approximate surface area is 176 Å². The number of aromatic nitrogens is 3. The summed E-state index contributed by atoms with van der Waals surface area (Å²) in [5.41, 5.74) is 4.37. The summed E-state index contributed by atoms with van der Waals surface area (Å²) in [5, 5.41) is 18.9. The van der Waals surface area contributed by atoms with E-state index in [0.717, 1.165) is 20.8 Å². The molecule has 0 saturated carbocycles. The second-order valence-electron chi connectivity index (χ2n) is 7.05. The van der Waals surface area contributed by atoms with E-state index in [9.17, 15) is 14.9 Å². The Hall–Kier alpha value is -3.59. The summed E-state index contributed by atoms with van der Waals surface area (Å²) < 4.78 is 2.49. The molecule has 4 rings (SSSR count). The molecule has 0 saturated heterocycles. The zero-order valence-electron chi connectivity index (χ0n) is 16.7. The SMILES string of the molecule is Cc1ccc2nc(-c3ccc(NC(=O)Cn4nc(C)c([N+](=O)[O-])c4C)cc3)sc2c1. The van der Waals surface area contributed by atoms with Crippen LogP contribution in [0.4, 0.5) is 11.4 Å². The fourth-order valence-electron chi connectivity index (χ4n) is 3.29. The van der Waals surface area contributed by atoms with Gasteiger partial charge in [-0.2, -0.15) is 5.10 Å². The summed E-state index contributed by atoms with van der Waals surface area (Å²) in [6.45, 7) is 5.10. The summed E-state index contributed by atoms with van der Waals surface area (Å²) >= 11 is 1.63. The van der Waals surface area contributed by atoms with Gasteiger partial charge in [-0.3, -0.25) is 19.6 Å². The molecule has 2 heterocycles. The van der Waals surface area contributed by atoms with Crippen molar-refractivity contribution in [3.05, 3.63) is 69.5 Å². The second kappa shape index (κ2) is 7.68. The summed E-state index contributed by atoms with van der Waals surface area (Å²) in [6, 6.07) is 13.6. The average molecular weight is 421 g/mol. The molecular formula is C21H19N5O3S. The molecule has 0 bridgehead atoms. The van der Waals surface area contributed by atoms with Crippen molar-refractivity contribution < 1.29 is 9.72 Å². The zero-order chi connectivity index (χ0) is 21.4. The first kappa shape index (κ1) is 19.7. The van der Waals surface area contributed by atoms with Crippen LogP contribution in [0.5, 0.6) is 0 Å². The molecule has 152 valence electrons. The van der Waals surface area contributed by atoms with E-state index in [-0.39, 0.29) is 18.1 Å². The first-order valence-corrected chi connectivity index (χ1v) is 10.1. The number of amides is 1. The highest BCUT2D eigenvalue weighted by molar-refractivity contribution is 7.21. The van der Waals surface area contributed by atoms with E-state index in [1.165, 1.54) is 10.2 Å². The summed E-state index contributed by atoms with van der Waals surface area (Å²) in [7, 11) is 0. The highest BCUT2D eigenvalue weighted by Gasteiger charge is 2.22. The Morgan fingerprint density at radius 1 is 1.17 bits per heavy atom. The van der Waals surface area contributed by atoms with Gasteiger partial charge < -0.3 is 5.32 Å². The maximum atomic E-state index is 12.4. The molecule has 4 aromatic rings. The Morgan fingerprint density at radius 3 is 2.57 bits per heavy atom. The van der Waals surface area contributed by atoms with Crippen molar-refractivity contribution in [2.24, 2.45) is 0 Å². The third kappa shape index (κ3) is 3.79. The molecule has 0 aliphatic rings. The van der Waals surface area contributed by atoms with E-state index < -0.39 is 4.92 Å². The van der Waals surface area contributed by atoms with E-state index in [4.69, 9.17) is 0 Å². The average Bonchev–Trinajstić information content (AvgIpc) is 3.22. The summed E-state index contributed by atoms with van der Waals surface area (Å²) in [4.78, 5) is 27.7. The van der Waals surface area contributed by atoms with Crippen molar-refractivity contribution in [3.8, 4) is 10.6 Å². The lowest BCUT2D eigenvalue weighted by molar-refractivity contribution is -0.386. The molecule has 30 heavy (non-hydrogen) atoms. The highest BCUT2D eigenvalue weighted by atomic mass is 32.1. The molecule has 0 fully saturated rings. The van der Waals surface area contributed by atoms with Crippen LogP contribution in [0.1, 0.15) is 17.0 Å². The van der Waals surface area contributed by atoms with Crippen molar-refractivity contribution >= 4 is 38.8 Å². The second-order valence-corrected chi connectivity index (χ2v) is 8.08. The van der Waals surface area contributed by atoms with E-state index >= 15 is 0 Å². The molecular weight excluding hydrogens is 402 g/mol. The largest absolute Gasteiger partial charge is 0.324 e. The van der Waals surface area contributed by atoms with Gasteiger partial charge in [-0.05, 0) is 62.7 Å². The Kier molecular flexibility index (Phi) is 5.04. The number of carbonyl (C=O) groups excluding carboxylic acids is 1. The fraction of sp³-hybridized carbons (Fsp3) is 0.190. The van der Waals surface area contributed by atoms with Crippen molar-refractivity contribution in [2.45, 2.75) is 27.3 Å². The minimum absolute atomic E-state index is 0.0572. The first-order chi connectivity index (χ1) is 14.3. The number of fused-ring (bicyclic) bond motifs is 1. The zero-order valence-corrected chi connectivity index (χ0v) is 17.5. The predicted octanol–water partition coefficient (Wildman–Crippen LogP) is 4.63. The molecule has 2 aromatic heterocycles. The third-order valence-electron chi connectivity index (χ3n) is 4.78. The molecule has 9 heteroatoms.